The van der Waals surface area contributed by atoms with Crippen molar-refractivity contribution in [2.24, 2.45) is 5.73 Å². The molecule has 34 heavy (non-hydrogen) atoms. The lowest BCUT2D eigenvalue weighted by molar-refractivity contribution is 0.0955. The van der Waals surface area contributed by atoms with Gasteiger partial charge in [0.2, 0.25) is 5.89 Å². The van der Waals surface area contributed by atoms with Gasteiger partial charge >= 0.3 is 0 Å². The topological polar surface area (TPSA) is 98.2 Å². The number of benzene rings is 2. The van der Waals surface area contributed by atoms with E-state index in [1.54, 1.807) is 30.4 Å². The van der Waals surface area contributed by atoms with Crippen molar-refractivity contribution in [2.75, 3.05) is 6.54 Å². The molecule has 0 aliphatic heterocycles. The number of nitrogens with one attached hydrogen (secondary N) is 1. The summed E-state index contributed by atoms with van der Waals surface area (Å²) in [5.41, 5.74) is 7.58. The van der Waals surface area contributed by atoms with Gasteiger partial charge in [-0.1, -0.05) is 48.1 Å². The van der Waals surface area contributed by atoms with Gasteiger partial charge in [0.25, 0.3) is 11.8 Å². The van der Waals surface area contributed by atoms with Crippen LogP contribution in [0.5, 0.6) is 0 Å². The lowest BCUT2D eigenvalue weighted by Gasteiger charge is -2.06. The molecule has 3 aromatic rings. The Kier molecular flexibility index (Phi) is 6.49. The number of nitrogens with two attached hydrogens (primary N) is 1. The first-order chi connectivity index (χ1) is 16.3. The zero-order valence-corrected chi connectivity index (χ0v) is 18.3. The molecule has 0 atom stereocenters. The highest BCUT2D eigenvalue weighted by Crippen LogP contribution is 2.31. The second-order valence-corrected chi connectivity index (χ2v) is 7.72. The van der Waals surface area contributed by atoms with Gasteiger partial charge in [-0.15, -0.1) is 0 Å². The SMILES string of the molecule is Cc1cccc(C(=O)NCC2=CCC=C(c3oc(-c4c(F)cccc4F)nc3C(N)=O)C=C2)c1. The van der Waals surface area contributed by atoms with E-state index < -0.39 is 23.1 Å². The molecule has 6 nitrogen and oxygen atoms in total. The maximum Gasteiger partial charge on any atom is 0.271 e. The van der Waals surface area contributed by atoms with Crippen molar-refractivity contribution in [1.82, 2.24) is 10.3 Å². The van der Waals surface area contributed by atoms with Gasteiger partial charge in [-0.2, -0.15) is 0 Å². The smallest absolute Gasteiger partial charge is 0.271 e. The van der Waals surface area contributed by atoms with Crippen molar-refractivity contribution < 1.29 is 22.8 Å². The Labute approximate surface area is 194 Å². The Morgan fingerprint density at radius 2 is 1.82 bits per heavy atom. The minimum Gasteiger partial charge on any atom is -0.435 e. The van der Waals surface area contributed by atoms with Crippen molar-refractivity contribution in [3.05, 3.63) is 107 Å². The van der Waals surface area contributed by atoms with Gasteiger partial charge in [0.15, 0.2) is 11.5 Å². The lowest BCUT2D eigenvalue weighted by atomic mass is 10.1. The van der Waals surface area contributed by atoms with Crippen LogP contribution in [0.1, 0.15) is 38.6 Å². The molecule has 1 heterocycles. The molecule has 2 amide bonds. The van der Waals surface area contributed by atoms with Gasteiger partial charge in [0.05, 0.1) is 0 Å². The van der Waals surface area contributed by atoms with Gasteiger partial charge in [0.1, 0.15) is 17.2 Å². The number of amides is 2. The zero-order chi connectivity index (χ0) is 24.2. The van der Waals surface area contributed by atoms with Gasteiger partial charge in [-0.25, -0.2) is 13.8 Å². The maximum atomic E-state index is 14.2. The lowest BCUT2D eigenvalue weighted by Crippen LogP contribution is -2.25. The summed E-state index contributed by atoms with van der Waals surface area (Å²) < 4.78 is 34.0. The summed E-state index contributed by atoms with van der Waals surface area (Å²) in [6.45, 7) is 2.20. The molecule has 172 valence electrons. The van der Waals surface area contributed by atoms with Gasteiger partial charge in [0, 0.05) is 17.7 Å². The van der Waals surface area contributed by atoms with Crippen molar-refractivity contribution in [3.63, 3.8) is 0 Å². The predicted molar refractivity (Wildman–Crippen MR) is 124 cm³/mol. The molecule has 1 aliphatic rings. The number of carbonyl (C=O) groups excluding carboxylic acids is 2. The Bertz CT molecular complexity index is 1350. The first-order valence-electron chi connectivity index (χ1n) is 10.5. The zero-order valence-electron chi connectivity index (χ0n) is 18.3. The monoisotopic (exact) mass is 461 g/mol. The molecule has 1 aromatic heterocycles. The summed E-state index contributed by atoms with van der Waals surface area (Å²) in [5.74, 6) is -3.20. The average molecular weight is 461 g/mol. The number of carbonyl (C=O) groups is 2. The molecule has 8 heteroatoms. The third-order valence-corrected chi connectivity index (χ3v) is 5.23. The molecule has 0 unspecified atom stereocenters. The second kappa shape index (κ2) is 9.66. The molecule has 1 aliphatic carbocycles. The number of nitrogens with zero attached hydrogens (tertiary/aromatic N) is 1. The van der Waals surface area contributed by atoms with Crippen molar-refractivity contribution in [3.8, 4) is 11.5 Å². The molecule has 0 spiro atoms. The number of hydrogen-bond donors (Lipinski definition) is 2. The predicted octanol–water partition coefficient (Wildman–Crippen LogP) is 4.73. The molecule has 2 aromatic carbocycles. The Morgan fingerprint density at radius 3 is 2.53 bits per heavy atom. The Hall–Kier alpha value is -4.33. The van der Waals surface area contributed by atoms with Crippen molar-refractivity contribution >= 4 is 17.4 Å². The fourth-order valence-corrected chi connectivity index (χ4v) is 3.53. The average Bonchev–Trinajstić information content (AvgIpc) is 3.10. The van der Waals surface area contributed by atoms with Crippen LogP contribution in [-0.4, -0.2) is 23.3 Å². The number of halogens is 2. The van der Waals surface area contributed by atoms with Crippen LogP contribution >= 0.6 is 0 Å². The molecule has 3 N–H and O–H groups in total. The van der Waals surface area contributed by atoms with Crippen LogP contribution in [0.25, 0.3) is 17.0 Å². The quantitative estimate of drug-likeness (QED) is 0.555. The van der Waals surface area contributed by atoms with E-state index in [1.807, 2.05) is 25.1 Å². The minimum atomic E-state index is -0.890. The molecular formula is C26H21F2N3O3. The van der Waals surface area contributed by atoms with E-state index in [2.05, 4.69) is 10.3 Å². The van der Waals surface area contributed by atoms with E-state index in [0.29, 0.717) is 17.6 Å². The fraction of sp³-hybridized carbons (Fsp3) is 0.115. The van der Waals surface area contributed by atoms with E-state index in [-0.39, 0.29) is 29.8 Å². The summed E-state index contributed by atoms with van der Waals surface area (Å²) in [4.78, 5) is 28.3. The van der Waals surface area contributed by atoms with E-state index in [1.165, 1.54) is 6.07 Å². The molecule has 0 bridgehead atoms. The van der Waals surface area contributed by atoms with Crippen LogP contribution in [0, 0.1) is 18.6 Å². The summed E-state index contributed by atoms with van der Waals surface area (Å²) in [6, 6.07) is 10.6. The molecule has 0 fully saturated rings. The first-order valence-corrected chi connectivity index (χ1v) is 10.5. The number of primary amides is 1. The largest absolute Gasteiger partial charge is 0.435 e. The van der Waals surface area contributed by atoms with Crippen LogP contribution in [0.4, 0.5) is 8.78 Å². The number of allylic oxidation sites excluding steroid dienone is 4. The number of aromatic nitrogens is 1. The van der Waals surface area contributed by atoms with Gasteiger partial charge < -0.3 is 15.5 Å². The van der Waals surface area contributed by atoms with E-state index in [4.69, 9.17) is 10.2 Å². The van der Waals surface area contributed by atoms with Crippen LogP contribution in [0.15, 0.2) is 76.8 Å². The van der Waals surface area contributed by atoms with E-state index in [0.717, 1.165) is 23.3 Å². The normalized spacial score (nSPS) is 13.1. The molecule has 0 radical (unpaired) electrons. The number of oxazole rings is 1. The summed E-state index contributed by atoms with van der Waals surface area (Å²) >= 11 is 0. The highest BCUT2D eigenvalue weighted by atomic mass is 19.1. The molecule has 0 saturated heterocycles. The first kappa shape index (κ1) is 22.8. The molecule has 0 saturated carbocycles. The second-order valence-electron chi connectivity index (χ2n) is 7.72. The number of rotatable bonds is 6. The number of hydrogen-bond acceptors (Lipinski definition) is 4. The van der Waals surface area contributed by atoms with Crippen LogP contribution < -0.4 is 11.1 Å². The van der Waals surface area contributed by atoms with Crippen molar-refractivity contribution in [1.29, 1.82) is 0 Å². The van der Waals surface area contributed by atoms with E-state index in [9.17, 15) is 18.4 Å². The fourth-order valence-electron chi connectivity index (χ4n) is 3.53. The van der Waals surface area contributed by atoms with Crippen LogP contribution in [0.3, 0.4) is 0 Å². The third-order valence-electron chi connectivity index (χ3n) is 5.23. The Morgan fingerprint density at radius 1 is 1.09 bits per heavy atom. The van der Waals surface area contributed by atoms with Crippen molar-refractivity contribution in [2.45, 2.75) is 13.3 Å². The summed E-state index contributed by atoms with van der Waals surface area (Å²) in [6.07, 6.45) is 7.55. The highest BCUT2D eigenvalue weighted by Gasteiger charge is 2.24. The summed E-state index contributed by atoms with van der Waals surface area (Å²) in [5, 5.41) is 2.87. The van der Waals surface area contributed by atoms with Gasteiger partial charge in [-0.05, 0) is 43.2 Å². The van der Waals surface area contributed by atoms with E-state index >= 15 is 0 Å². The third kappa shape index (κ3) is 4.85. The van der Waals surface area contributed by atoms with Crippen LogP contribution in [0.2, 0.25) is 0 Å². The highest BCUT2D eigenvalue weighted by molar-refractivity contribution is 5.97. The standard InChI is InChI=1S/C26H21F2N3O3/c1-15-5-2-8-18(13-15)25(33)30-14-16-6-3-7-17(12-11-16)23-22(24(29)32)31-26(34-23)21-19(27)9-4-10-20(21)28/h2,4-13H,3,14H2,1H3,(H2,29,32)(H,30,33). The molecule has 4 rings (SSSR count). The Balaban J connectivity index is 1.54. The van der Waals surface area contributed by atoms with Crippen LogP contribution in [-0.2, 0) is 0 Å². The summed E-state index contributed by atoms with van der Waals surface area (Å²) in [7, 11) is 0. The van der Waals surface area contributed by atoms with Gasteiger partial charge in [-0.3, -0.25) is 9.59 Å². The number of aryl methyl sites for hydroxylation is 1. The molecular weight excluding hydrogens is 440 g/mol. The maximum absolute atomic E-state index is 14.2. The minimum absolute atomic E-state index is 0.0137.